The van der Waals surface area contributed by atoms with Gasteiger partial charge in [-0.25, -0.2) is 4.68 Å². The number of hydrogen-bond donors (Lipinski definition) is 1. The summed E-state index contributed by atoms with van der Waals surface area (Å²) in [6, 6.07) is 3.50. The summed E-state index contributed by atoms with van der Waals surface area (Å²) in [5.41, 5.74) is 1.69. The molecule has 0 aliphatic carbocycles. The van der Waals surface area contributed by atoms with Crippen molar-refractivity contribution in [3.63, 3.8) is 0 Å². The van der Waals surface area contributed by atoms with Crippen LogP contribution in [0.2, 0.25) is 0 Å². The van der Waals surface area contributed by atoms with Crippen LogP contribution in [0.1, 0.15) is 5.69 Å². The molecular weight excluding hydrogens is 166 g/mol. The van der Waals surface area contributed by atoms with Crippen LogP contribution in [0.4, 0.5) is 0 Å². The summed E-state index contributed by atoms with van der Waals surface area (Å²) in [5, 5.41) is 13.4. The van der Waals surface area contributed by atoms with E-state index in [1.807, 2.05) is 19.2 Å². The Morgan fingerprint density at radius 3 is 2.85 bits per heavy atom. The lowest BCUT2D eigenvalue weighted by Crippen LogP contribution is -1.95. The first kappa shape index (κ1) is 7.79. The third kappa shape index (κ3) is 1.51. The molecule has 0 aliphatic rings. The molecule has 0 atom stereocenters. The van der Waals surface area contributed by atoms with Gasteiger partial charge in [-0.2, -0.15) is 5.10 Å². The fourth-order valence-electron chi connectivity index (χ4n) is 1.10. The molecule has 4 nitrogen and oxygen atoms in total. The molecule has 0 unspecified atom stereocenters. The van der Waals surface area contributed by atoms with Crippen LogP contribution in [0.25, 0.3) is 5.69 Å². The number of aromatic hydroxyl groups is 1. The second-order valence-electron chi connectivity index (χ2n) is 2.80. The maximum atomic E-state index is 9.18. The second kappa shape index (κ2) is 2.90. The van der Waals surface area contributed by atoms with Gasteiger partial charge in [0.2, 0.25) is 0 Å². The molecule has 0 bridgehead atoms. The summed E-state index contributed by atoms with van der Waals surface area (Å²) < 4.78 is 1.67. The molecule has 0 saturated heterocycles. The first-order chi connectivity index (χ1) is 6.25. The molecule has 0 spiro atoms. The Morgan fingerprint density at radius 2 is 2.23 bits per heavy atom. The molecule has 4 heteroatoms. The van der Waals surface area contributed by atoms with E-state index in [4.69, 9.17) is 0 Å². The maximum absolute atomic E-state index is 9.18. The van der Waals surface area contributed by atoms with Gasteiger partial charge in [-0.1, -0.05) is 0 Å². The van der Waals surface area contributed by atoms with Crippen LogP contribution in [-0.2, 0) is 0 Å². The maximum Gasteiger partial charge on any atom is 0.136 e. The Hall–Kier alpha value is -1.84. The Balaban J connectivity index is 2.46. The van der Waals surface area contributed by atoms with E-state index in [1.165, 1.54) is 6.20 Å². The molecule has 0 fully saturated rings. The zero-order chi connectivity index (χ0) is 9.26. The highest BCUT2D eigenvalue weighted by molar-refractivity contribution is 5.33. The van der Waals surface area contributed by atoms with E-state index in [0.29, 0.717) is 0 Å². The fourth-order valence-corrected chi connectivity index (χ4v) is 1.10. The van der Waals surface area contributed by atoms with Gasteiger partial charge in [-0.3, -0.25) is 4.98 Å². The van der Waals surface area contributed by atoms with E-state index in [0.717, 1.165) is 11.4 Å². The topological polar surface area (TPSA) is 50.9 Å². The van der Waals surface area contributed by atoms with Gasteiger partial charge in [-0.15, -0.1) is 0 Å². The summed E-state index contributed by atoms with van der Waals surface area (Å²) in [6.07, 6.45) is 4.86. The molecule has 0 radical (unpaired) electrons. The lowest BCUT2D eigenvalue weighted by atomic mass is 10.4. The molecule has 2 rings (SSSR count). The van der Waals surface area contributed by atoms with Gasteiger partial charge in [0.15, 0.2) is 0 Å². The minimum Gasteiger partial charge on any atom is -0.506 e. The Labute approximate surface area is 75.5 Å². The third-order valence-corrected chi connectivity index (χ3v) is 1.70. The van der Waals surface area contributed by atoms with Gasteiger partial charge in [0, 0.05) is 12.3 Å². The van der Waals surface area contributed by atoms with Crippen molar-refractivity contribution in [2.45, 2.75) is 6.92 Å². The molecule has 2 aromatic rings. The van der Waals surface area contributed by atoms with Gasteiger partial charge < -0.3 is 5.11 Å². The van der Waals surface area contributed by atoms with Crippen molar-refractivity contribution in [3.05, 3.63) is 36.4 Å². The standard InChI is InChI=1S/C9H9N3O/c1-7-2-3-12(11-7)8-4-9(13)6-10-5-8/h2-6,13H,1H3. The number of pyridine rings is 1. The van der Waals surface area contributed by atoms with Gasteiger partial charge in [-0.05, 0) is 13.0 Å². The van der Waals surface area contributed by atoms with E-state index in [2.05, 4.69) is 10.1 Å². The van der Waals surface area contributed by atoms with Crippen molar-refractivity contribution in [1.29, 1.82) is 0 Å². The fraction of sp³-hybridized carbons (Fsp3) is 0.111. The zero-order valence-corrected chi connectivity index (χ0v) is 7.18. The summed E-state index contributed by atoms with van der Waals surface area (Å²) in [6.45, 7) is 1.91. The van der Waals surface area contributed by atoms with E-state index in [1.54, 1.807) is 16.9 Å². The predicted octanol–water partition coefficient (Wildman–Crippen LogP) is 1.28. The Kier molecular flexibility index (Phi) is 1.73. The highest BCUT2D eigenvalue weighted by Crippen LogP contribution is 2.12. The number of rotatable bonds is 1. The smallest absolute Gasteiger partial charge is 0.136 e. The van der Waals surface area contributed by atoms with Crippen LogP contribution in [0, 0.1) is 6.92 Å². The van der Waals surface area contributed by atoms with Gasteiger partial charge in [0.25, 0.3) is 0 Å². The molecule has 13 heavy (non-hydrogen) atoms. The molecule has 0 amide bonds. The molecule has 66 valence electrons. The number of nitrogens with zero attached hydrogens (tertiary/aromatic N) is 3. The Bertz CT molecular complexity index is 422. The normalized spacial score (nSPS) is 10.2. The van der Waals surface area contributed by atoms with Gasteiger partial charge in [0.1, 0.15) is 5.75 Å². The van der Waals surface area contributed by atoms with Crippen molar-refractivity contribution in [3.8, 4) is 11.4 Å². The summed E-state index contributed by atoms with van der Waals surface area (Å²) in [4.78, 5) is 3.86. The Morgan fingerprint density at radius 1 is 1.38 bits per heavy atom. The summed E-state index contributed by atoms with van der Waals surface area (Å²) in [7, 11) is 0. The first-order valence-corrected chi connectivity index (χ1v) is 3.92. The van der Waals surface area contributed by atoms with Crippen molar-refractivity contribution < 1.29 is 5.11 Å². The van der Waals surface area contributed by atoms with Crippen molar-refractivity contribution in [1.82, 2.24) is 14.8 Å². The second-order valence-corrected chi connectivity index (χ2v) is 2.80. The summed E-state index contributed by atoms with van der Waals surface area (Å²) >= 11 is 0. The van der Waals surface area contributed by atoms with E-state index in [-0.39, 0.29) is 5.75 Å². The number of aromatic nitrogens is 3. The minimum atomic E-state index is 0.144. The lowest BCUT2D eigenvalue weighted by Gasteiger charge is -1.99. The molecule has 0 aliphatic heterocycles. The lowest BCUT2D eigenvalue weighted by molar-refractivity contribution is 0.472. The quantitative estimate of drug-likeness (QED) is 0.710. The van der Waals surface area contributed by atoms with E-state index in [9.17, 15) is 5.11 Å². The minimum absolute atomic E-state index is 0.144. The van der Waals surface area contributed by atoms with Crippen LogP contribution >= 0.6 is 0 Å². The zero-order valence-electron chi connectivity index (χ0n) is 7.18. The van der Waals surface area contributed by atoms with E-state index < -0.39 is 0 Å². The molecule has 0 saturated carbocycles. The van der Waals surface area contributed by atoms with Crippen LogP contribution in [0.3, 0.4) is 0 Å². The van der Waals surface area contributed by atoms with Crippen LogP contribution in [0.5, 0.6) is 5.75 Å². The highest BCUT2D eigenvalue weighted by Gasteiger charge is 1.98. The van der Waals surface area contributed by atoms with Gasteiger partial charge in [0.05, 0.1) is 23.8 Å². The third-order valence-electron chi connectivity index (χ3n) is 1.70. The molecule has 1 N–H and O–H groups in total. The first-order valence-electron chi connectivity index (χ1n) is 3.92. The molecule has 2 heterocycles. The molecular formula is C9H9N3O. The van der Waals surface area contributed by atoms with Gasteiger partial charge >= 0.3 is 0 Å². The number of aryl methyl sites for hydroxylation is 1. The monoisotopic (exact) mass is 175 g/mol. The van der Waals surface area contributed by atoms with E-state index >= 15 is 0 Å². The summed E-state index contributed by atoms with van der Waals surface area (Å²) in [5.74, 6) is 0.144. The SMILES string of the molecule is Cc1ccn(-c2cncc(O)c2)n1. The average molecular weight is 175 g/mol. The predicted molar refractivity (Wildman–Crippen MR) is 47.8 cm³/mol. The van der Waals surface area contributed by atoms with Crippen molar-refractivity contribution in [2.24, 2.45) is 0 Å². The number of hydrogen-bond acceptors (Lipinski definition) is 3. The average Bonchev–Trinajstić information content (AvgIpc) is 2.52. The largest absolute Gasteiger partial charge is 0.506 e. The van der Waals surface area contributed by atoms with Crippen LogP contribution in [0.15, 0.2) is 30.7 Å². The van der Waals surface area contributed by atoms with Crippen LogP contribution in [-0.4, -0.2) is 19.9 Å². The van der Waals surface area contributed by atoms with Crippen LogP contribution < -0.4 is 0 Å². The molecule has 0 aromatic carbocycles. The van der Waals surface area contributed by atoms with Crippen molar-refractivity contribution >= 4 is 0 Å². The van der Waals surface area contributed by atoms with Crippen molar-refractivity contribution in [2.75, 3.05) is 0 Å². The molecule has 2 aromatic heterocycles. The highest BCUT2D eigenvalue weighted by atomic mass is 16.3.